The van der Waals surface area contributed by atoms with E-state index >= 15 is 0 Å². The van der Waals surface area contributed by atoms with Crippen molar-refractivity contribution in [3.8, 4) is 0 Å². The molecule has 0 radical (unpaired) electrons. The van der Waals surface area contributed by atoms with Crippen LogP contribution in [0.5, 0.6) is 0 Å². The standard InChI is InChI=1S/C17H27NO/c1-12(2)16-9-4-13(3)10-17(16)18-15-7-5-14(11-19)6-8-15/h5-8,12-13,16-19H,4,9-11H2,1-3H3. The fourth-order valence-corrected chi connectivity index (χ4v) is 3.29. The molecule has 0 heterocycles. The summed E-state index contributed by atoms with van der Waals surface area (Å²) in [5.41, 5.74) is 2.16. The molecular weight excluding hydrogens is 234 g/mol. The molecule has 1 aromatic carbocycles. The first-order chi connectivity index (χ1) is 9.10. The molecular formula is C17H27NO. The molecule has 0 amide bonds. The largest absolute Gasteiger partial charge is 0.392 e. The average molecular weight is 261 g/mol. The number of anilines is 1. The summed E-state index contributed by atoms with van der Waals surface area (Å²) >= 11 is 0. The second-order valence-electron chi connectivity index (χ2n) is 6.43. The lowest BCUT2D eigenvalue weighted by molar-refractivity contribution is 0.212. The highest BCUT2D eigenvalue weighted by Gasteiger charge is 2.30. The maximum atomic E-state index is 9.08. The molecule has 3 unspecified atom stereocenters. The van der Waals surface area contributed by atoms with Crippen molar-refractivity contribution in [2.45, 2.75) is 52.7 Å². The van der Waals surface area contributed by atoms with Crippen molar-refractivity contribution in [3.63, 3.8) is 0 Å². The zero-order valence-electron chi connectivity index (χ0n) is 12.4. The van der Waals surface area contributed by atoms with Crippen LogP contribution in [0.4, 0.5) is 5.69 Å². The predicted octanol–water partition coefficient (Wildman–Crippen LogP) is 4.05. The quantitative estimate of drug-likeness (QED) is 0.857. The van der Waals surface area contributed by atoms with Crippen molar-refractivity contribution in [1.29, 1.82) is 0 Å². The summed E-state index contributed by atoms with van der Waals surface area (Å²) in [6.07, 6.45) is 3.97. The normalized spacial score (nSPS) is 27.5. The molecule has 0 saturated heterocycles. The van der Waals surface area contributed by atoms with Gasteiger partial charge in [0.05, 0.1) is 6.61 Å². The van der Waals surface area contributed by atoms with Gasteiger partial charge in [-0.2, -0.15) is 0 Å². The van der Waals surface area contributed by atoms with E-state index in [2.05, 4.69) is 38.2 Å². The summed E-state index contributed by atoms with van der Waals surface area (Å²) in [4.78, 5) is 0. The minimum Gasteiger partial charge on any atom is -0.392 e. The van der Waals surface area contributed by atoms with E-state index < -0.39 is 0 Å². The number of rotatable bonds is 4. The van der Waals surface area contributed by atoms with Crippen LogP contribution in [0.3, 0.4) is 0 Å². The fraction of sp³-hybridized carbons (Fsp3) is 0.647. The second-order valence-corrected chi connectivity index (χ2v) is 6.43. The Balaban J connectivity index is 2.05. The van der Waals surface area contributed by atoms with Gasteiger partial charge in [0.1, 0.15) is 0 Å². The molecule has 2 heteroatoms. The van der Waals surface area contributed by atoms with Crippen molar-refractivity contribution < 1.29 is 5.11 Å². The van der Waals surface area contributed by atoms with Crippen molar-refractivity contribution in [1.82, 2.24) is 0 Å². The van der Waals surface area contributed by atoms with Crippen molar-refractivity contribution in [3.05, 3.63) is 29.8 Å². The summed E-state index contributed by atoms with van der Waals surface area (Å²) in [5, 5.41) is 12.8. The van der Waals surface area contributed by atoms with Crippen molar-refractivity contribution in [2.75, 3.05) is 5.32 Å². The van der Waals surface area contributed by atoms with Gasteiger partial charge in [-0.15, -0.1) is 0 Å². The number of benzene rings is 1. The summed E-state index contributed by atoms with van der Waals surface area (Å²) in [6.45, 7) is 7.16. The Hall–Kier alpha value is -1.02. The Morgan fingerprint density at radius 1 is 1.21 bits per heavy atom. The highest BCUT2D eigenvalue weighted by atomic mass is 16.3. The predicted molar refractivity (Wildman–Crippen MR) is 81.1 cm³/mol. The Bertz CT molecular complexity index is 385. The third kappa shape index (κ3) is 3.73. The first kappa shape index (κ1) is 14.4. The number of nitrogens with one attached hydrogen (secondary N) is 1. The Morgan fingerprint density at radius 2 is 1.89 bits per heavy atom. The molecule has 2 N–H and O–H groups in total. The molecule has 0 spiro atoms. The maximum absolute atomic E-state index is 9.08. The minimum atomic E-state index is 0.120. The van der Waals surface area contributed by atoms with Gasteiger partial charge in [0.2, 0.25) is 0 Å². The lowest BCUT2D eigenvalue weighted by Crippen LogP contribution is -2.37. The Kier molecular flexibility index (Phi) is 4.87. The number of hydrogen-bond donors (Lipinski definition) is 2. The van der Waals surface area contributed by atoms with Gasteiger partial charge in [-0.1, -0.05) is 39.3 Å². The van der Waals surface area contributed by atoms with Crippen LogP contribution in [0.2, 0.25) is 0 Å². The summed E-state index contributed by atoms with van der Waals surface area (Å²) in [7, 11) is 0. The number of aliphatic hydroxyl groups is 1. The Labute approximate surface area is 117 Å². The molecule has 1 fully saturated rings. The van der Waals surface area contributed by atoms with Crippen LogP contribution in [-0.2, 0) is 6.61 Å². The molecule has 1 aromatic rings. The molecule has 0 aliphatic heterocycles. The van der Waals surface area contributed by atoms with Gasteiger partial charge in [-0.05, 0) is 48.3 Å². The third-order valence-electron chi connectivity index (χ3n) is 4.51. The van der Waals surface area contributed by atoms with E-state index in [1.54, 1.807) is 0 Å². The zero-order chi connectivity index (χ0) is 13.8. The van der Waals surface area contributed by atoms with Gasteiger partial charge in [0, 0.05) is 11.7 Å². The molecule has 1 aliphatic rings. The number of aliphatic hydroxyl groups excluding tert-OH is 1. The summed E-state index contributed by atoms with van der Waals surface area (Å²) in [5.74, 6) is 2.33. The first-order valence-electron chi connectivity index (χ1n) is 7.56. The molecule has 1 aliphatic carbocycles. The number of hydrogen-bond acceptors (Lipinski definition) is 2. The molecule has 3 atom stereocenters. The maximum Gasteiger partial charge on any atom is 0.0681 e. The summed E-state index contributed by atoms with van der Waals surface area (Å²) in [6, 6.07) is 8.76. The van der Waals surface area contributed by atoms with Gasteiger partial charge < -0.3 is 10.4 Å². The van der Waals surface area contributed by atoms with Gasteiger partial charge >= 0.3 is 0 Å². The third-order valence-corrected chi connectivity index (χ3v) is 4.51. The van der Waals surface area contributed by atoms with E-state index in [4.69, 9.17) is 5.11 Å². The lowest BCUT2D eigenvalue weighted by atomic mass is 9.74. The highest BCUT2D eigenvalue weighted by Crippen LogP contribution is 2.35. The van der Waals surface area contributed by atoms with Crippen LogP contribution in [0.15, 0.2) is 24.3 Å². The SMILES string of the molecule is CC1CCC(C(C)C)C(Nc2ccc(CO)cc2)C1. The van der Waals surface area contributed by atoms with Crippen LogP contribution in [0.1, 0.15) is 45.6 Å². The second kappa shape index (κ2) is 6.42. The van der Waals surface area contributed by atoms with Gasteiger partial charge in [-0.25, -0.2) is 0 Å². The molecule has 0 aromatic heterocycles. The van der Waals surface area contributed by atoms with E-state index in [0.717, 1.165) is 23.3 Å². The Morgan fingerprint density at radius 3 is 2.47 bits per heavy atom. The molecule has 1 saturated carbocycles. The highest BCUT2D eigenvalue weighted by molar-refractivity contribution is 5.45. The monoisotopic (exact) mass is 261 g/mol. The van der Waals surface area contributed by atoms with E-state index in [0.29, 0.717) is 6.04 Å². The topological polar surface area (TPSA) is 32.3 Å². The molecule has 2 rings (SSSR count). The molecule has 0 bridgehead atoms. The zero-order valence-corrected chi connectivity index (χ0v) is 12.4. The minimum absolute atomic E-state index is 0.120. The van der Waals surface area contributed by atoms with Crippen molar-refractivity contribution >= 4 is 5.69 Å². The van der Waals surface area contributed by atoms with Crippen LogP contribution < -0.4 is 5.32 Å². The first-order valence-corrected chi connectivity index (χ1v) is 7.56. The average Bonchev–Trinajstić information content (AvgIpc) is 2.39. The van der Waals surface area contributed by atoms with Crippen LogP contribution in [0, 0.1) is 17.8 Å². The smallest absolute Gasteiger partial charge is 0.0681 e. The molecule has 2 nitrogen and oxygen atoms in total. The van der Waals surface area contributed by atoms with E-state index in [1.165, 1.54) is 24.9 Å². The van der Waals surface area contributed by atoms with E-state index in [-0.39, 0.29) is 6.61 Å². The van der Waals surface area contributed by atoms with Gasteiger partial charge in [0.15, 0.2) is 0 Å². The molecule has 19 heavy (non-hydrogen) atoms. The van der Waals surface area contributed by atoms with Crippen molar-refractivity contribution in [2.24, 2.45) is 17.8 Å². The van der Waals surface area contributed by atoms with Gasteiger partial charge in [-0.3, -0.25) is 0 Å². The van der Waals surface area contributed by atoms with Crippen LogP contribution in [-0.4, -0.2) is 11.1 Å². The lowest BCUT2D eigenvalue weighted by Gasteiger charge is -2.38. The molecule has 106 valence electrons. The van der Waals surface area contributed by atoms with Gasteiger partial charge in [0.25, 0.3) is 0 Å². The van der Waals surface area contributed by atoms with E-state index in [1.807, 2.05) is 12.1 Å². The van der Waals surface area contributed by atoms with E-state index in [9.17, 15) is 0 Å². The van der Waals surface area contributed by atoms with Crippen LogP contribution in [0.25, 0.3) is 0 Å². The summed E-state index contributed by atoms with van der Waals surface area (Å²) < 4.78 is 0. The van der Waals surface area contributed by atoms with Crippen LogP contribution >= 0.6 is 0 Å². The fourth-order valence-electron chi connectivity index (χ4n) is 3.29.